The van der Waals surface area contributed by atoms with E-state index >= 15 is 0 Å². The van der Waals surface area contributed by atoms with Crippen molar-refractivity contribution in [2.24, 2.45) is 0 Å². The lowest BCUT2D eigenvalue weighted by Gasteiger charge is -2.00. The number of hydrogen-bond donors (Lipinski definition) is 2. The molecule has 8 heteroatoms. The molecule has 0 aliphatic carbocycles. The van der Waals surface area contributed by atoms with Crippen molar-refractivity contribution in [3.05, 3.63) is 28.2 Å². The SMILES string of the molecule is Cc1cc(Br)ccc1-c1noc(-c2nc(N)n[nH]2)n1. The van der Waals surface area contributed by atoms with E-state index < -0.39 is 0 Å². The molecule has 19 heavy (non-hydrogen) atoms. The van der Waals surface area contributed by atoms with Gasteiger partial charge in [-0.15, -0.1) is 5.10 Å². The number of aromatic amines is 1. The molecule has 3 N–H and O–H groups in total. The fourth-order valence-corrected chi connectivity index (χ4v) is 2.15. The molecule has 7 nitrogen and oxygen atoms in total. The molecule has 0 fully saturated rings. The van der Waals surface area contributed by atoms with Crippen molar-refractivity contribution in [2.45, 2.75) is 6.92 Å². The zero-order chi connectivity index (χ0) is 13.4. The monoisotopic (exact) mass is 320 g/mol. The average molecular weight is 321 g/mol. The highest BCUT2D eigenvalue weighted by Gasteiger charge is 2.15. The zero-order valence-electron chi connectivity index (χ0n) is 9.88. The Balaban J connectivity index is 2.01. The van der Waals surface area contributed by atoms with Crippen molar-refractivity contribution in [2.75, 3.05) is 5.73 Å². The molecule has 3 aromatic rings. The van der Waals surface area contributed by atoms with Gasteiger partial charge in [0, 0.05) is 10.0 Å². The Hall–Kier alpha value is -2.22. The van der Waals surface area contributed by atoms with Gasteiger partial charge in [-0.05, 0) is 30.7 Å². The largest absolute Gasteiger partial charge is 0.366 e. The molecule has 2 aromatic heterocycles. The molecule has 0 unspecified atom stereocenters. The number of H-pyrrole nitrogens is 1. The Morgan fingerprint density at radius 3 is 2.84 bits per heavy atom. The number of nitrogen functional groups attached to an aromatic ring is 1. The van der Waals surface area contributed by atoms with E-state index in [0.29, 0.717) is 11.6 Å². The molecular weight excluding hydrogens is 312 g/mol. The van der Waals surface area contributed by atoms with E-state index in [9.17, 15) is 0 Å². The lowest BCUT2D eigenvalue weighted by molar-refractivity contribution is 0.429. The Morgan fingerprint density at radius 2 is 2.16 bits per heavy atom. The lowest BCUT2D eigenvalue weighted by Crippen LogP contribution is -1.87. The van der Waals surface area contributed by atoms with Crippen LogP contribution in [0.2, 0.25) is 0 Å². The summed E-state index contributed by atoms with van der Waals surface area (Å²) in [5.41, 5.74) is 7.36. The summed E-state index contributed by atoms with van der Waals surface area (Å²) in [7, 11) is 0. The van der Waals surface area contributed by atoms with Gasteiger partial charge in [0.1, 0.15) is 0 Å². The number of nitrogens with one attached hydrogen (secondary N) is 1. The molecule has 0 atom stereocenters. The van der Waals surface area contributed by atoms with Crippen LogP contribution in [-0.4, -0.2) is 25.3 Å². The van der Waals surface area contributed by atoms with Crippen molar-refractivity contribution in [3.8, 4) is 23.1 Å². The second-order valence-electron chi connectivity index (χ2n) is 3.92. The minimum absolute atomic E-state index is 0.134. The van der Waals surface area contributed by atoms with Gasteiger partial charge < -0.3 is 10.3 Å². The van der Waals surface area contributed by atoms with E-state index in [1.165, 1.54) is 0 Å². The summed E-state index contributed by atoms with van der Waals surface area (Å²) in [4.78, 5) is 8.20. The molecule has 1 aromatic carbocycles. The zero-order valence-corrected chi connectivity index (χ0v) is 11.5. The molecule has 0 spiro atoms. The molecule has 2 heterocycles. The quantitative estimate of drug-likeness (QED) is 0.749. The molecule has 0 radical (unpaired) electrons. The molecular formula is C11H9BrN6O. The summed E-state index contributed by atoms with van der Waals surface area (Å²) >= 11 is 3.41. The number of aryl methyl sites for hydroxylation is 1. The second kappa shape index (κ2) is 4.47. The number of hydrogen-bond acceptors (Lipinski definition) is 6. The molecule has 0 saturated heterocycles. The normalized spacial score (nSPS) is 10.8. The molecule has 3 rings (SSSR count). The van der Waals surface area contributed by atoms with Crippen LogP contribution in [0.5, 0.6) is 0 Å². The third kappa shape index (κ3) is 2.22. The molecule has 0 saturated carbocycles. The third-order valence-electron chi connectivity index (χ3n) is 2.56. The van der Waals surface area contributed by atoms with Crippen molar-refractivity contribution < 1.29 is 4.52 Å². The molecule has 0 aliphatic rings. The number of nitrogens with zero attached hydrogens (tertiary/aromatic N) is 4. The van der Waals surface area contributed by atoms with Crippen LogP contribution in [0.15, 0.2) is 27.2 Å². The topological polar surface area (TPSA) is 107 Å². The number of aromatic nitrogens is 5. The summed E-state index contributed by atoms with van der Waals surface area (Å²) in [5.74, 6) is 1.23. The first-order chi connectivity index (χ1) is 9.13. The molecule has 0 bridgehead atoms. The van der Waals surface area contributed by atoms with Crippen molar-refractivity contribution in [1.29, 1.82) is 0 Å². The van der Waals surface area contributed by atoms with E-state index in [-0.39, 0.29) is 11.8 Å². The molecule has 0 amide bonds. The van der Waals surface area contributed by atoms with Crippen LogP contribution in [0.1, 0.15) is 5.56 Å². The van der Waals surface area contributed by atoms with Crippen LogP contribution in [-0.2, 0) is 0 Å². The van der Waals surface area contributed by atoms with Gasteiger partial charge in [-0.3, -0.25) is 5.10 Å². The smallest absolute Gasteiger partial charge is 0.295 e. The number of nitrogens with two attached hydrogens (primary N) is 1. The van der Waals surface area contributed by atoms with Gasteiger partial charge in [0.15, 0.2) is 0 Å². The van der Waals surface area contributed by atoms with Gasteiger partial charge in [-0.2, -0.15) is 9.97 Å². The standard InChI is InChI=1S/C11H9BrN6O/c1-5-4-6(12)2-3-7(5)8-14-10(19-18-8)9-15-11(13)17-16-9/h2-4H,1H3,(H3,13,15,16,17). The highest BCUT2D eigenvalue weighted by atomic mass is 79.9. The fourth-order valence-electron chi connectivity index (χ4n) is 1.68. The Kier molecular flexibility index (Phi) is 2.79. The predicted molar refractivity (Wildman–Crippen MR) is 72.0 cm³/mol. The summed E-state index contributed by atoms with van der Waals surface area (Å²) in [5, 5.41) is 10.3. The van der Waals surface area contributed by atoms with Crippen LogP contribution >= 0.6 is 15.9 Å². The number of benzene rings is 1. The second-order valence-corrected chi connectivity index (χ2v) is 4.84. The van der Waals surface area contributed by atoms with E-state index in [0.717, 1.165) is 15.6 Å². The first kappa shape index (κ1) is 11.8. The van der Waals surface area contributed by atoms with Crippen LogP contribution < -0.4 is 5.73 Å². The number of rotatable bonds is 2. The third-order valence-corrected chi connectivity index (χ3v) is 3.05. The number of anilines is 1. The fraction of sp³-hybridized carbons (Fsp3) is 0.0909. The van der Waals surface area contributed by atoms with Crippen LogP contribution in [0, 0.1) is 6.92 Å². The Labute approximate surface area is 116 Å². The maximum Gasteiger partial charge on any atom is 0.295 e. The summed E-state index contributed by atoms with van der Waals surface area (Å²) < 4.78 is 6.14. The van der Waals surface area contributed by atoms with E-state index in [2.05, 4.69) is 41.3 Å². The van der Waals surface area contributed by atoms with Crippen LogP contribution in [0.4, 0.5) is 5.95 Å². The Morgan fingerprint density at radius 1 is 1.32 bits per heavy atom. The summed E-state index contributed by atoms with van der Waals surface area (Å²) in [6.45, 7) is 1.97. The number of halogens is 1. The first-order valence-corrected chi connectivity index (χ1v) is 6.21. The van der Waals surface area contributed by atoms with E-state index in [1.807, 2.05) is 25.1 Å². The van der Waals surface area contributed by atoms with Gasteiger partial charge in [0.2, 0.25) is 17.6 Å². The van der Waals surface area contributed by atoms with Crippen molar-refractivity contribution in [1.82, 2.24) is 25.3 Å². The van der Waals surface area contributed by atoms with E-state index in [1.54, 1.807) is 0 Å². The minimum Gasteiger partial charge on any atom is -0.366 e. The molecule has 96 valence electrons. The maximum absolute atomic E-state index is 5.43. The van der Waals surface area contributed by atoms with Crippen molar-refractivity contribution in [3.63, 3.8) is 0 Å². The van der Waals surface area contributed by atoms with Crippen molar-refractivity contribution >= 4 is 21.9 Å². The average Bonchev–Trinajstić information content (AvgIpc) is 2.97. The predicted octanol–water partition coefficient (Wildman–Crippen LogP) is 2.17. The van der Waals surface area contributed by atoms with Gasteiger partial charge in [-0.1, -0.05) is 21.1 Å². The van der Waals surface area contributed by atoms with Gasteiger partial charge >= 0.3 is 0 Å². The Bertz CT molecular complexity index is 734. The summed E-state index contributed by atoms with van der Waals surface area (Å²) in [6, 6.07) is 5.82. The van der Waals surface area contributed by atoms with Crippen LogP contribution in [0.3, 0.4) is 0 Å². The summed E-state index contributed by atoms with van der Waals surface area (Å²) in [6.07, 6.45) is 0. The van der Waals surface area contributed by atoms with Gasteiger partial charge in [0.25, 0.3) is 5.89 Å². The highest BCUT2D eigenvalue weighted by molar-refractivity contribution is 9.10. The lowest BCUT2D eigenvalue weighted by atomic mass is 10.1. The van der Waals surface area contributed by atoms with E-state index in [4.69, 9.17) is 10.3 Å². The van der Waals surface area contributed by atoms with Gasteiger partial charge in [-0.25, -0.2) is 0 Å². The first-order valence-electron chi connectivity index (χ1n) is 5.42. The maximum atomic E-state index is 5.43. The minimum atomic E-state index is 0.134. The van der Waals surface area contributed by atoms with Crippen LogP contribution in [0.25, 0.3) is 23.1 Å². The molecule has 0 aliphatic heterocycles. The van der Waals surface area contributed by atoms with Gasteiger partial charge in [0.05, 0.1) is 0 Å². The highest BCUT2D eigenvalue weighted by Crippen LogP contribution is 2.25.